The van der Waals surface area contributed by atoms with Crippen LogP contribution in [0.5, 0.6) is 0 Å². The highest BCUT2D eigenvalue weighted by atomic mass is 16.3. The number of nitrogens with zero attached hydrogens (tertiary/aromatic N) is 2. The van der Waals surface area contributed by atoms with Crippen molar-refractivity contribution in [3.63, 3.8) is 0 Å². The zero-order valence-electron chi connectivity index (χ0n) is 20.3. The van der Waals surface area contributed by atoms with E-state index >= 15 is 0 Å². The second kappa shape index (κ2) is 8.83. The maximum atomic E-state index is 12.5. The van der Waals surface area contributed by atoms with Crippen molar-refractivity contribution in [3.8, 4) is 0 Å². The summed E-state index contributed by atoms with van der Waals surface area (Å²) in [6.07, 6.45) is 17.9. The summed E-state index contributed by atoms with van der Waals surface area (Å²) in [7, 11) is 0. The molecule has 4 heterocycles. The van der Waals surface area contributed by atoms with Crippen LogP contribution in [0.2, 0.25) is 0 Å². The first kappa shape index (κ1) is 22.5. The van der Waals surface area contributed by atoms with Crippen molar-refractivity contribution in [1.29, 1.82) is 0 Å². The first-order valence-corrected chi connectivity index (χ1v) is 13.4. The first-order chi connectivity index (χ1) is 15.4. The molecule has 176 valence electrons. The van der Waals surface area contributed by atoms with Gasteiger partial charge < -0.3 is 10.0 Å². The maximum absolute atomic E-state index is 12.5. The number of hydrogen-bond acceptors (Lipinski definition) is 3. The number of Topliss-reactive ketones (excluding diaryl/α,β-unsaturated/α-hetero) is 1. The van der Waals surface area contributed by atoms with Gasteiger partial charge >= 0.3 is 0 Å². The highest BCUT2D eigenvalue weighted by molar-refractivity contribution is 5.88. The molecule has 4 heteroatoms. The Morgan fingerprint density at radius 1 is 1.09 bits per heavy atom. The number of carbonyl (C=O) groups is 1. The molecule has 5 aliphatic rings. The molecule has 32 heavy (non-hydrogen) atoms. The fraction of sp³-hybridized carbons (Fsp3) is 0.786. The average Bonchev–Trinajstić information content (AvgIpc) is 3.05. The van der Waals surface area contributed by atoms with Gasteiger partial charge in [0.15, 0.2) is 11.8 Å². The van der Waals surface area contributed by atoms with E-state index in [1.807, 2.05) is 0 Å². The molecule has 5 rings (SSSR count). The minimum atomic E-state index is -0.789. The topological polar surface area (TPSA) is 43.5 Å². The van der Waals surface area contributed by atoms with Crippen molar-refractivity contribution >= 4 is 11.5 Å². The Morgan fingerprint density at radius 3 is 2.78 bits per heavy atom. The SMILES string of the molecule is CC(C)C1=C[C@]2(O)CC/C=C\CCCCN3CC[C@H]1[C@@]1(CC4=[N+](CCCC(=O)CC4)C12)C3. The summed E-state index contributed by atoms with van der Waals surface area (Å²) >= 11 is 0. The number of carbonyl (C=O) groups excluding carboxylic acids is 1. The van der Waals surface area contributed by atoms with E-state index in [9.17, 15) is 9.90 Å². The van der Waals surface area contributed by atoms with Crippen LogP contribution in [0.4, 0.5) is 0 Å². The van der Waals surface area contributed by atoms with Crippen LogP contribution >= 0.6 is 0 Å². The highest BCUT2D eigenvalue weighted by Crippen LogP contribution is 2.58. The van der Waals surface area contributed by atoms with Gasteiger partial charge in [-0.25, -0.2) is 4.58 Å². The van der Waals surface area contributed by atoms with Crippen LogP contribution in [-0.4, -0.2) is 63.9 Å². The zero-order valence-corrected chi connectivity index (χ0v) is 20.3. The Kier molecular flexibility index (Phi) is 6.22. The quantitative estimate of drug-likeness (QED) is 0.483. The molecule has 0 amide bonds. The molecular weight excluding hydrogens is 396 g/mol. The summed E-state index contributed by atoms with van der Waals surface area (Å²) in [5.41, 5.74) is 2.27. The lowest BCUT2D eigenvalue weighted by Gasteiger charge is -2.55. The van der Waals surface area contributed by atoms with Gasteiger partial charge in [-0.2, -0.15) is 0 Å². The van der Waals surface area contributed by atoms with Gasteiger partial charge in [0.2, 0.25) is 0 Å². The van der Waals surface area contributed by atoms with Gasteiger partial charge in [-0.1, -0.05) is 31.6 Å². The van der Waals surface area contributed by atoms with E-state index in [2.05, 4.69) is 41.6 Å². The van der Waals surface area contributed by atoms with E-state index < -0.39 is 5.60 Å². The molecule has 2 unspecified atom stereocenters. The van der Waals surface area contributed by atoms with Gasteiger partial charge in [0.1, 0.15) is 17.9 Å². The summed E-state index contributed by atoms with van der Waals surface area (Å²) in [5.74, 6) is 1.45. The highest BCUT2D eigenvalue weighted by Gasteiger charge is 2.68. The summed E-state index contributed by atoms with van der Waals surface area (Å²) in [6.45, 7) is 9.06. The standard InChI is InChI=1S/C28H43N2O2/c1-21(2)24-19-28(32)14-7-5-3-4-6-8-15-29-17-13-25(24)27(20-29)18-22-11-12-23(31)10-9-16-30(22)26(27)28/h3,5,19,21,25-26,32H,4,6-18,20H2,1-2H3/q+1/b5-3-/t25-,26?,27-,28-/m1/s1. The van der Waals surface area contributed by atoms with Gasteiger partial charge in [0.25, 0.3) is 0 Å². The normalized spacial score (nSPS) is 41.6. The number of aliphatic hydroxyl groups is 1. The molecule has 4 aliphatic heterocycles. The number of rotatable bonds is 1. The van der Waals surface area contributed by atoms with Crippen molar-refractivity contribution < 1.29 is 14.5 Å². The lowest BCUT2D eigenvalue weighted by atomic mass is 9.53. The van der Waals surface area contributed by atoms with E-state index in [4.69, 9.17) is 0 Å². The van der Waals surface area contributed by atoms with Gasteiger partial charge in [0, 0.05) is 38.6 Å². The Labute approximate surface area is 194 Å². The third-order valence-corrected chi connectivity index (χ3v) is 9.22. The molecular formula is C28H43N2O2+. The number of hydrogen-bond donors (Lipinski definition) is 1. The Bertz CT molecular complexity index is 840. The van der Waals surface area contributed by atoms with E-state index in [0.29, 0.717) is 30.5 Å². The smallest absolute Gasteiger partial charge is 0.192 e. The van der Waals surface area contributed by atoms with E-state index in [0.717, 1.165) is 51.6 Å². The van der Waals surface area contributed by atoms with Gasteiger partial charge in [0.05, 0.1) is 5.41 Å². The lowest BCUT2D eigenvalue weighted by molar-refractivity contribution is -0.593. The van der Waals surface area contributed by atoms with Crippen LogP contribution in [0.3, 0.4) is 0 Å². The van der Waals surface area contributed by atoms with Crippen LogP contribution in [0, 0.1) is 17.3 Å². The van der Waals surface area contributed by atoms with Crippen molar-refractivity contribution in [3.05, 3.63) is 23.8 Å². The van der Waals surface area contributed by atoms with Crippen molar-refractivity contribution in [2.24, 2.45) is 17.3 Å². The lowest BCUT2D eigenvalue weighted by Crippen LogP contribution is -2.65. The van der Waals surface area contributed by atoms with Crippen LogP contribution in [0.25, 0.3) is 0 Å². The number of ketones is 1. The molecule has 1 saturated heterocycles. The molecule has 3 bridgehead atoms. The van der Waals surface area contributed by atoms with E-state index in [-0.39, 0.29) is 11.5 Å². The summed E-state index contributed by atoms with van der Waals surface area (Å²) in [6, 6.07) is 0.155. The molecule has 4 nitrogen and oxygen atoms in total. The number of allylic oxidation sites excluding steroid dienone is 3. The van der Waals surface area contributed by atoms with Gasteiger partial charge in [-0.15, -0.1) is 0 Å². The molecule has 0 radical (unpaired) electrons. The zero-order chi connectivity index (χ0) is 22.3. The van der Waals surface area contributed by atoms with Crippen LogP contribution < -0.4 is 0 Å². The molecule has 1 spiro atoms. The molecule has 1 N–H and O–H groups in total. The first-order valence-electron chi connectivity index (χ1n) is 13.4. The van der Waals surface area contributed by atoms with Crippen LogP contribution in [0.1, 0.15) is 84.5 Å². The monoisotopic (exact) mass is 439 g/mol. The minimum absolute atomic E-state index is 0.0852. The summed E-state index contributed by atoms with van der Waals surface area (Å²) < 4.78 is 2.62. The van der Waals surface area contributed by atoms with Crippen LogP contribution in [0.15, 0.2) is 23.8 Å². The van der Waals surface area contributed by atoms with Crippen molar-refractivity contribution in [2.75, 3.05) is 26.2 Å². The molecule has 0 aromatic carbocycles. The molecule has 0 aromatic rings. The second-order valence-corrected chi connectivity index (χ2v) is 11.6. The number of fused-ring (bicyclic) bond motifs is 1. The predicted molar refractivity (Wildman–Crippen MR) is 129 cm³/mol. The Morgan fingerprint density at radius 2 is 1.94 bits per heavy atom. The van der Waals surface area contributed by atoms with Crippen molar-refractivity contribution in [2.45, 2.75) is 96.1 Å². The predicted octanol–water partition coefficient (Wildman–Crippen LogP) is 4.51. The van der Waals surface area contributed by atoms with E-state index in [1.54, 1.807) is 0 Å². The molecule has 1 aliphatic carbocycles. The van der Waals surface area contributed by atoms with Gasteiger partial charge in [-0.3, -0.25) is 4.79 Å². The third kappa shape index (κ3) is 3.86. The largest absolute Gasteiger partial charge is 0.379 e. The third-order valence-electron chi connectivity index (χ3n) is 9.22. The number of piperidine rings is 1. The molecule has 0 saturated carbocycles. The fourth-order valence-electron chi connectivity index (χ4n) is 7.96. The van der Waals surface area contributed by atoms with Crippen LogP contribution in [-0.2, 0) is 4.79 Å². The second-order valence-electron chi connectivity index (χ2n) is 11.6. The Balaban J connectivity index is 1.64. The maximum Gasteiger partial charge on any atom is 0.192 e. The van der Waals surface area contributed by atoms with Crippen molar-refractivity contribution in [1.82, 2.24) is 4.90 Å². The minimum Gasteiger partial charge on any atom is -0.379 e. The summed E-state index contributed by atoms with van der Waals surface area (Å²) in [5, 5.41) is 12.5. The summed E-state index contributed by atoms with van der Waals surface area (Å²) in [4.78, 5) is 15.0. The average molecular weight is 440 g/mol. The van der Waals surface area contributed by atoms with E-state index in [1.165, 1.54) is 43.6 Å². The fourth-order valence-corrected chi connectivity index (χ4v) is 7.96. The van der Waals surface area contributed by atoms with Gasteiger partial charge in [-0.05, 0) is 69.5 Å². The molecule has 1 fully saturated rings. The molecule has 5 atom stereocenters. The Hall–Kier alpha value is -1.26. The molecule has 0 aromatic heterocycles.